The van der Waals surface area contributed by atoms with Crippen LogP contribution in [0.4, 0.5) is 0 Å². The third kappa shape index (κ3) is 75.3. The first-order chi connectivity index (χ1) is 44.0. The molecule has 528 valence electrons. The zero-order valence-electron chi connectivity index (χ0n) is 60.7. The molecule has 0 aromatic heterocycles. The van der Waals surface area contributed by atoms with E-state index in [0.717, 1.165) is 44.9 Å². The topological polar surface area (TPSA) is 95.9 Å². The minimum absolute atomic E-state index is 0.0238. The first-order valence-electron chi connectivity index (χ1n) is 41.1. The summed E-state index contributed by atoms with van der Waals surface area (Å²) in [5.74, 6) is -0.00371. The van der Waals surface area contributed by atoms with Crippen LogP contribution in [0.3, 0.4) is 0 Å². The molecule has 0 aliphatic carbocycles. The first kappa shape index (κ1) is 87.3. The summed E-state index contributed by atoms with van der Waals surface area (Å²) < 4.78 is 5.51. The third-order valence-corrected chi connectivity index (χ3v) is 19.5. The number of carbonyl (C=O) groups is 2. The second-order valence-electron chi connectivity index (χ2n) is 28.5. The van der Waals surface area contributed by atoms with Gasteiger partial charge in [-0.25, -0.2) is 0 Å². The van der Waals surface area contributed by atoms with Gasteiger partial charge in [0.2, 0.25) is 5.91 Å². The molecule has 2 unspecified atom stereocenters. The molecule has 0 aromatic carbocycles. The number of esters is 1. The standard InChI is InChI=1S/C83H161NO5/c1-3-5-7-9-11-13-15-17-19-21-44-47-51-55-59-63-67-71-75-81(86)80(79-85)84-82(87)76-72-68-64-60-56-52-48-45-41-39-37-35-33-31-29-27-25-23-22-24-26-28-30-32-34-36-38-40-42-46-50-54-58-62-66-70-74-78-89-83(88)77-73-69-65-61-57-53-49-43-20-18-16-14-12-10-8-6-4-2/h22,24,28,30,80-81,85-86H,3-21,23,25-27,29,31-79H2,1-2H3,(H,84,87)/b24-22-,30-28-. The van der Waals surface area contributed by atoms with Crippen molar-refractivity contribution >= 4 is 11.9 Å². The second-order valence-corrected chi connectivity index (χ2v) is 28.5. The fourth-order valence-electron chi connectivity index (χ4n) is 13.3. The summed E-state index contributed by atoms with van der Waals surface area (Å²) in [6, 6.07) is -0.540. The van der Waals surface area contributed by atoms with Gasteiger partial charge in [0.15, 0.2) is 0 Å². The first-order valence-corrected chi connectivity index (χ1v) is 41.1. The molecule has 2 atom stereocenters. The second kappa shape index (κ2) is 78.8. The fourth-order valence-corrected chi connectivity index (χ4v) is 13.3. The molecule has 0 saturated carbocycles. The molecule has 0 saturated heterocycles. The Morgan fingerprint density at radius 3 is 0.854 bits per heavy atom. The van der Waals surface area contributed by atoms with E-state index in [4.69, 9.17) is 4.74 Å². The summed E-state index contributed by atoms with van der Waals surface area (Å²) in [4.78, 5) is 24.7. The molecule has 1 amide bonds. The number of hydrogen-bond acceptors (Lipinski definition) is 5. The van der Waals surface area contributed by atoms with E-state index >= 15 is 0 Å². The predicted molar refractivity (Wildman–Crippen MR) is 393 cm³/mol. The lowest BCUT2D eigenvalue weighted by atomic mass is 10.0. The number of aliphatic hydroxyl groups is 2. The van der Waals surface area contributed by atoms with E-state index in [-0.39, 0.29) is 18.5 Å². The van der Waals surface area contributed by atoms with Gasteiger partial charge >= 0.3 is 5.97 Å². The van der Waals surface area contributed by atoms with Gasteiger partial charge in [0.1, 0.15) is 0 Å². The minimum atomic E-state index is -0.663. The predicted octanol–water partition coefficient (Wildman–Crippen LogP) is 27.2. The Kier molecular flexibility index (Phi) is 77.3. The maximum absolute atomic E-state index is 12.5. The van der Waals surface area contributed by atoms with E-state index in [1.54, 1.807) is 0 Å². The zero-order valence-corrected chi connectivity index (χ0v) is 60.7. The molecule has 0 aliphatic heterocycles. The van der Waals surface area contributed by atoms with E-state index < -0.39 is 12.1 Å². The van der Waals surface area contributed by atoms with Crippen LogP contribution in [0, 0.1) is 0 Å². The highest BCUT2D eigenvalue weighted by molar-refractivity contribution is 5.76. The smallest absolute Gasteiger partial charge is 0.305 e. The number of aliphatic hydroxyl groups excluding tert-OH is 2. The van der Waals surface area contributed by atoms with Gasteiger partial charge < -0.3 is 20.3 Å². The Labute approximate surface area is 558 Å². The average molecular weight is 1250 g/mol. The van der Waals surface area contributed by atoms with Crippen LogP contribution in [0.25, 0.3) is 0 Å². The van der Waals surface area contributed by atoms with Gasteiger partial charge in [-0.05, 0) is 57.8 Å². The van der Waals surface area contributed by atoms with Crippen LogP contribution in [0.5, 0.6) is 0 Å². The number of ether oxygens (including phenoxy) is 1. The van der Waals surface area contributed by atoms with Crippen molar-refractivity contribution in [3.63, 3.8) is 0 Å². The summed E-state index contributed by atoms with van der Waals surface area (Å²) in [6.45, 7) is 5.01. The molecule has 0 spiro atoms. The highest BCUT2D eigenvalue weighted by Gasteiger charge is 2.20. The van der Waals surface area contributed by atoms with Crippen LogP contribution in [-0.4, -0.2) is 47.4 Å². The lowest BCUT2D eigenvalue weighted by Crippen LogP contribution is -2.45. The SMILES string of the molecule is CCCCCCCCCCCCCCCCCCCCC(O)C(CO)NC(=O)CCCCCCCCCCCCCCCCCCC/C=C\C/C=C\CCCCCCCCCCCCCCCOC(=O)CCCCCCCCCCCCCCCCCCC. The number of nitrogens with one attached hydrogen (secondary N) is 1. The molecule has 0 radical (unpaired) electrons. The summed E-state index contributed by atoms with van der Waals surface area (Å²) in [7, 11) is 0. The zero-order chi connectivity index (χ0) is 64.2. The van der Waals surface area contributed by atoms with Crippen molar-refractivity contribution in [2.45, 2.75) is 482 Å². The Bertz CT molecular complexity index is 1400. The highest BCUT2D eigenvalue weighted by Crippen LogP contribution is 2.20. The van der Waals surface area contributed by atoms with Gasteiger partial charge in [-0.1, -0.05) is 423 Å². The molecule has 89 heavy (non-hydrogen) atoms. The van der Waals surface area contributed by atoms with Crippen LogP contribution >= 0.6 is 0 Å². The number of hydrogen-bond donors (Lipinski definition) is 3. The average Bonchev–Trinajstić information content (AvgIpc) is 3.57. The van der Waals surface area contributed by atoms with Gasteiger partial charge in [0, 0.05) is 12.8 Å². The van der Waals surface area contributed by atoms with Gasteiger partial charge in [0.25, 0.3) is 0 Å². The van der Waals surface area contributed by atoms with Crippen LogP contribution < -0.4 is 5.32 Å². The van der Waals surface area contributed by atoms with Gasteiger partial charge in [-0.2, -0.15) is 0 Å². The maximum atomic E-state index is 12.5. The summed E-state index contributed by atoms with van der Waals surface area (Å²) in [5, 5.41) is 23.4. The molecular weight excluding hydrogens is 1090 g/mol. The van der Waals surface area contributed by atoms with Crippen molar-refractivity contribution in [1.82, 2.24) is 5.32 Å². The normalized spacial score (nSPS) is 12.5. The van der Waals surface area contributed by atoms with Crippen molar-refractivity contribution in [3.8, 4) is 0 Å². The van der Waals surface area contributed by atoms with E-state index in [2.05, 4.69) is 43.5 Å². The number of rotatable bonds is 78. The monoisotopic (exact) mass is 1250 g/mol. The quantitative estimate of drug-likeness (QED) is 0.0320. The lowest BCUT2D eigenvalue weighted by molar-refractivity contribution is -0.143. The molecular formula is C83H161NO5. The van der Waals surface area contributed by atoms with Crippen LogP contribution in [0.2, 0.25) is 0 Å². The molecule has 0 bridgehead atoms. The molecule has 0 aliphatic rings. The lowest BCUT2D eigenvalue weighted by Gasteiger charge is -2.22. The summed E-state index contributed by atoms with van der Waals surface area (Å²) in [5.41, 5.74) is 0. The highest BCUT2D eigenvalue weighted by atomic mass is 16.5. The van der Waals surface area contributed by atoms with Crippen molar-refractivity contribution < 1.29 is 24.5 Å². The Hall–Kier alpha value is -1.66. The summed E-state index contributed by atoms with van der Waals surface area (Å²) >= 11 is 0. The van der Waals surface area contributed by atoms with E-state index in [1.807, 2.05) is 0 Å². The van der Waals surface area contributed by atoms with E-state index in [9.17, 15) is 19.8 Å². The Morgan fingerprint density at radius 1 is 0.315 bits per heavy atom. The maximum Gasteiger partial charge on any atom is 0.305 e. The van der Waals surface area contributed by atoms with Crippen LogP contribution in [0.1, 0.15) is 470 Å². The number of amides is 1. The molecule has 0 heterocycles. The van der Waals surface area contributed by atoms with Gasteiger partial charge in [-0.3, -0.25) is 9.59 Å². The van der Waals surface area contributed by atoms with Crippen molar-refractivity contribution in [2.75, 3.05) is 13.2 Å². The van der Waals surface area contributed by atoms with E-state index in [1.165, 1.54) is 392 Å². The van der Waals surface area contributed by atoms with Crippen molar-refractivity contribution in [2.24, 2.45) is 0 Å². The van der Waals surface area contributed by atoms with E-state index in [0.29, 0.717) is 25.9 Å². The van der Waals surface area contributed by atoms with Crippen molar-refractivity contribution in [3.05, 3.63) is 24.3 Å². The van der Waals surface area contributed by atoms with Crippen LogP contribution in [-0.2, 0) is 14.3 Å². The van der Waals surface area contributed by atoms with Crippen molar-refractivity contribution in [1.29, 1.82) is 0 Å². The van der Waals surface area contributed by atoms with Gasteiger partial charge in [0.05, 0.1) is 25.4 Å². The fraction of sp³-hybridized carbons (Fsp3) is 0.928. The Morgan fingerprint density at radius 2 is 0.562 bits per heavy atom. The molecule has 0 aromatic rings. The number of unbranched alkanes of at least 4 members (excludes halogenated alkanes) is 63. The molecule has 6 nitrogen and oxygen atoms in total. The number of carbonyl (C=O) groups excluding carboxylic acids is 2. The molecule has 3 N–H and O–H groups in total. The van der Waals surface area contributed by atoms with Crippen LogP contribution in [0.15, 0.2) is 24.3 Å². The van der Waals surface area contributed by atoms with Gasteiger partial charge in [-0.15, -0.1) is 0 Å². The number of allylic oxidation sites excluding steroid dienone is 4. The molecule has 0 fully saturated rings. The Balaban J connectivity index is 3.34. The largest absolute Gasteiger partial charge is 0.466 e. The molecule has 0 rings (SSSR count). The third-order valence-electron chi connectivity index (χ3n) is 19.5. The minimum Gasteiger partial charge on any atom is -0.466 e. The summed E-state index contributed by atoms with van der Waals surface area (Å²) in [6.07, 6.45) is 101. The molecule has 6 heteroatoms.